The molecule has 0 saturated carbocycles. The molecule has 0 bridgehead atoms. The van der Waals surface area contributed by atoms with E-state index in [0.29, 0.717) is 11.8 Å². The molecule has 2 aromatic rings. The van der Waals surface area contributed by atoms with E-state index in [1.165, 1.54) is 36.3 Å². The van der Waals surface area contributed by atoms with Crippen LogP contribution < -0.4 is 10.4 Å². The first-order chi connectivity index (χ1) is 12.6. The summed E-state index contributed by atoms with van der Waals surface area (Å²) < 4.78 is 1.49. The quantitative estimate of drug-likeness (QED) is 0.515. The Bertz CT molecular complexity index is 1080. The van der Waals surface area contributed by atoms with Gasteiger partial charge in [0.15, 0.2) is 0 Å². The molecule has 2 unspecified atom stereocenters. The summed E-state index contributed by atoms with van der Waals surface area (Å²) in [6, 6.07) is 16.2. The topological polar surface area (TPSA) is 0 Å². The van der Waals surface area contributed by atoms with Crippen LogP contribution in [0.15, 0.2) is 66.8 Å². The van der Waals surface area contributed by atoms with E-state index in [9.17, 15) is 0 Å². The summed E-state index contributed by atoms with van der Waals surface area (Å²) in [5.74, 6) is 1.12. The molecule has 0 spiro atoms. The molecule has 3 aliphatic carbocycles. The van der Waals surface area contributed by atoms with Gasteiger partial charge in [0.05, 0.1) is 0 Å². The Hall–Kier alpha value is -1.61. The highest BCUT2D eigenvalue weighted by Crippen LogP contribution is 2.53. The van der Waals surface area contributed by atoms with Crippen LogP contribution in [-0.2, 0) is 5.41 Å². The second-order valence-corrected chi connectivity index (χ2v) is 9.58. The predicted molar refractivity (Wildman–Crippen MR) is 119 cm³/mol. The minimum Gasteiger partial charge on any atom is -0.0796 e. The van der Waals surface area contributed by atoms with Gasteiger partial charge in [-0.15, -0.1) is 0 Å². The second kappa shape index (κ2) is 5.95. The van der Waals surface area contributed by atoms with E-state index in [-0.39, 0.29) is 5.41 Å². The zero-order valence-electron chi connectivity index (χ0n) is 15.3. The van der Waals surface area contributed by atoms with Crippen molar-refractivity contribution in [2.75, 3.05) is 0 Å². The third-order valence-electron chi connectivity index (χ3n) is 6.56. The van der Waals surface area contributed by atoms with Gasteiger partial charge in [-0.3, -0.25) is 0 Å². The summed E-state index contributed by atoms with van der Waals surface area (Å²) in [6.07, 6.45) is 11.5. The van der Waals surface area contributed by atoms with Crippen LogP contribution in [0.2, 0.25) is 0 Å². The van der Waals surface area contributed by atoms with E-state index in [0.717, 1.165) is 12.8 Å². The number of hydrogen-bond donors (Lipinski definition) is 0. The lowest BCUT2D eigenvalue weighted by Crippen LogP contribution is -2.31. The van der Waals surface area contributed by atoms with Gasteiger partial charge in [0, 0.05) is 5.92 Å². The summed E-state index contributed by atoms with van der Waals surface area (Å²) in [4.78, 5) is 0. The van der Waals surface area contributed by atoms with Gasteiger partial charge >= 0.3 is 0 Å². The van der Waals surface area contributed by atoms with Crippen LogP contribution >= 0.6 is 22.6 Å². The van der Waals surface area contributed by atoms with Gasteiger partial charge in [-0.2, -0.15) is 0 Å². The van der Waals surface area contributed by atoms with Crippen LogP contribution in [0.25, 0.3) is 9.15 Å². The molecule has 0 heterocycles. The molecule has 3 aliphatic rings. The molecule has 0 radical (unpaired) electrons. The number of rotatable bonds is 1. The third kappa shape index (κ3) is 2.32. The molecule has 0 amide bonds. The third-order valence-corrected chi connectivity index (χ3v) is 7.68. The van der Waals surface area contributed by atoms with E-state index in [1.807, 2.05) is 0 Å². The second-order valence-electron chi connectivity index (χ2n) is 8.27. The van der Waals surface area contributed by atoms with Crippen LogP contribution in [0.4, 0.5) is 0 Å². The SMILES string of the molecule is CC1(C)c2cc(C3=c4ccccc4=C(I)CC3)ccc2C2C=CC=CC21. The fourth-order valence-electron chi connectivity index (χ4n) is 5.15. The largest absolute Gasteiger partial charge is 0.0796 e. The maximum Gasteiger partial charge on any atom is 0.00953 e. The van der Waals surface area contributed by atoms with Gasteiger partial charge < -0.3 is 0 Å². The highest BCUT2D eigenvalue weighted by atomic mass is 127. The predicted octanol–water partition coefficient (Wildman–Crippen LogP) is 5.34. The van der Waals surface area contributed by atoms with Crippen molar-refractivity contribution in [2.24, 2.45) is 5.92 Å². The van der Waals surface area contributed by atoms with E-state index < -0.39 is 0 Å². The fourth-order valence-corrected chi connectivity index (χ4v) is 5.89. The minimum atomic E-state index is 0.187. The first-order valence-corrected chi connectivity index (χ1v) is 10.6. The molecule has 26 heavy (non-hydrogen) atoms. The van der Waals surface area contributed by atoms with Crippen molar-refractivity contribution in [3.8, 4) is 0 Å². The van der Waals surface area contributed by atoms with Crippen molar-refractivity contribution < 1.29 is 0 Å². The first kappa shape index (κ1) is 16.6. The van der Waals surface area contributed by atoms with Crippen LogP contribution in [-0.4, -0.2) is 0 Å². The van der Waals surface area contributed by atoms with Crippen LogP contribution in [0, 0.1) is 5.92 Å². The highest BCUT2D eigenvalue weighted by molar-refractivity contribution is 14.1. The monoisotopic (exact) mass is 450 g/mol. The lowest BCUT2D eigenvalue weighted by Gasteiger charge is -2.29. The maximum absolute atomic E-state index is 2.52. The highest BCUT2D eigenvalue weighted by Gasteiger charge is 2.44. The molecular formula is C25H23I. The van der Waals surface area contributed by atoms with Crippen molar-refractivity contribution in [3.05, 3.63) is 93.9 Å². The van der Waals surface area contributed by atoms with Gasteiger partial charge in [-0.1, -0.05) is 80.6 Å². The van der Waals surface area contributed by atoms with Crippen molar-refractivity contribution in [3.63, 3.8) is 0 Å². The first-order valence-electron chi connectivity index (χ1n) is 9.54. The lowest BCUT2D eigenvalue weighted by molar-refractivity contribution is 0.394. The summed E-state index contributed by atoms with van der Waals surface area (Å²) in [5, 5.41) is 2.85. The zero-order valence-corrected chi connectivity index (χ0v) is 17.5. The number of allylic oxidation sites excluding steroid dienone is 4. The van der Waals surface area contributed by atoms with Crippen LogP contribution in [0.3, 0.4) is 0 Å². The molecule has 2 atom stereocenters. The Morgan fingerprint density at radius 1 is 0.923 bits per heavy atom. The van der Waals surface area contributed by atoms with Crippen LogP contribution in [0.5, 0.6) is 0 Å². The maximum atomic E-state index is 2.52. The molecular weight excluding hydrogens is 427 g/mol. The van der Waals surface area contributed by atoms with Crippen molar-refractivity contribution in [2.45, 2.75) is 38.0 Å². The Balaban J connectivity index is 1.74. The van der Waals surface area contributed by atoms with E-state index >= 15 is 0 Å². The minimum absolute atomic E-state index is 0.187. The van der Waals surface area contributed by atoms with Crippen molar-refractivity contribution in [1.29, 1.82) is 0 Å². The standard InChI is InChI=1S/C25H23I/c1-25(2)22-10-6-5-8-19(22)20-12-11-16(15-23(20)25)17-13-14-24(26)21-9-4-3-7-18(17)21/h3-12,15,19,22H,13-14H2,1-2H3. The molecule has 0 aliphatic heterocycles. The summed E-state index contributed by atoms with van der Waals surface area (Å²) in [6.45, 7) is 4.83. The van der Waals surface area contributed by atoms with Gasteiger partial charge in [0.1, 0.15) is 0 Å². The average molecular weight is 450 g/mol. The Morgan fingerprint density at radius 3 is 2.54 bits per heavy atom. The zero-order chi connectivity index (χ0) is 17.9. The number of hydrogen-bond acceptors (Lipinski definition) is 0. The molecule has 2 aromatic carbocycles. The van der Waals surface area contributed by atoms with Crippen molar-refractivity contribution >= 4 is 31.7 Å². The Morgan fingerprint density at radius 2 is 1.69 bits per heavy atom. The van der Waals surface area contributed by atoms with E-state index in [2.05, 4.69) is 103 Å². The Kier molecular flexibility index (Phi) is 3.79. The van der Waals surface area contributed by atoms with Gasteiger partial charge in [0.25, 0.3) is 0 Å². The van der Waals surface area contributed by atoms with Gasteiger partial charge in [-0.25, -0.2) is 0 Å². The number of fused-ring (bicyclic) bond motifs is 4. The number of halogens is 1. The molecule has 0 N–H and O–H groups in total. The van der Waals surface area contributed by atoms with Gasteiger partial charge in [-0.05, 0) is 83.0 Å². The molecule has 1 heteroatoms. The average Bonchev–Trinajstić information content (AvgIpc) is 2.90. The lowest BCUT2D eigenvalue weighted by atomic mass is 9.74. The molecule has 130 valence electrons. The van der Waals surface area contributed by atoms with Gasteiger partial charge in [0.2, 0.25) is 0 Å². The Labute approximate surface area is 169 Å². The van der Waals surface area contributed by atoms with E-state index in [1.54, 1.807) is 0 Å². The smallest absolute Gasteiger partial charge is 0.00953 e. The molecule has 0 saturated heterocycles. The van der Waals surface area contributed by atoms with Crippen LogP contribution in [0.1, 0.15) is 49.3 Å². The molecule has 0 fully saturated rings. The summed E-state index contributed by atoms with van der Waals surface area (Å²) in [7, 11) is 0. The number of benzene rings is 2. The molecule has 0 aromatic heterocycles. The summed E-state index contributed by atoms with van der Waals surface area (Å²) in [5.41, 5.74) is 6.18. The molecule has 5 rings (SSSR count). The summed E-state index contributed by atoms with van der Waals surface area (Å²) >= 11 is 2.52. The normalized spacial score (nSPS) is 25.0. The fraction of sp³-hybridized carbons (Fsp3) is 0.280. The van der Waals surface area contributed by atoms with Crippen molar-refractivity contribution in [1.82, 2.24) is 0 Å². The van der Waals surface area contributed by atoms with E-state index in [4.69, 9.17) is 0 Å². The molecule has 0 nitrogen and oxygen atoms in total.